The van der Waals surface area contributed by atoms with Crippen molar-refractivity contribution in [2.75, 3.05) is 19.8 Å². The molecule has 0 aromatic heterocycles. The van der Waals surface area contributed by atoms with Gasteiger partial charge in [-0.25, -0.2) is 0 Å². The van der Waals surface area contributed by atoms with Crippen LogP contribution in [0.15, 0.2) is 23.1 Å². The molecule has 12 nitrogen and oxygen atoms in total. The first-order valence-electron chi connectivity index (χ1n) is 6.95. The Hall–Kier alpha value is -2.77. The van der Waals surface area contributed by atoms with Gasteiger partial charge in [0.1, 0.15) is 17.3 Å². The highest BCUT2D eigenvalue weighted by molar-refractivity contribution is 7.86. The van der Waals surface area contributed by atoms with E-state index in [0.717, 1.165) is 25.1 Å². The second-order valence-corrected chi connectivity index (χ2v) is 5.96. The predicted octanol–water partition coefficient (Wildman–Crippen LogP) is 0.379. The van der Waals surface area contributed by atoms with Crippen LogP contribution in [-0.4, -0.2) is 49.8 Å². The van der Waals surface area contributed by atoms with E-state index >= 15 is 0 Å². The van der Waals surface area contributed by atoms with Crippen LogP contribution in [0.1, 0.15) is 13.3 Å². The molecule has 0 aliphatic heterocycles. The number of ether oxygens (including phenoxy) is 3. The molecule has 0 spiro atoms. The van der Waals surface area contributed by atoms with Gasteiger partial charge < -0.3 is 19.0 Å². The van der Waals surface area contributed by atoms with Crippen molar-refractivity contribution in [1.82, 2.24) is 0 Å². The standard InChI is InChI=1S/C13H15NO11S/c1-9(15)24-11-3-2-10(8-12(11)26(19,20)21)25-13(16)4-5-22-6-7-23-14(17)18/h2-3,8H,4-7H2,1H3,(H,19,20,21). The van der Waals surface area contributed by atoms with Crippen molar-refractivity contribution >= 4 is 22.1 Å². The highest BCUT2D eigenvalue weighted by Crippen LogP contribution is 2.28. The molecule has 0 saturated carbocycles. The molecule has 0 bridgehead atoms. The summed E-state index contributed by atoms with van der Waals surface area (Å²) in [6.45, 7) is 0.518. The van der Waals surface area contributed by atoms with Crippen LogP contribution in [0.5, 0.6) is 11.5 Å². The van der Waals surface area contributed by atoms with Gasteiger partial charge in [0.2, 0.25) is 0 Å². The Morgan fingerprint density at radius 1 is 1.19 bits per heavy atom. The fourth-order valence-electron chi connectivity index (χ4n) is 1.60. The van der Waals surface area contributed by atoms with E-state index in [4.69, 9.17) is 14.0 Å². The average molecular weight is 393 g/mol. The molecule has 0 radical (unpaired) electrons. The second kappa shape index (κ2) is 9.65. The molecule has 0 atom stereocenters. The molecule has 1 aromatic carbocycles. The van der Waals surface area contributed by atoms with Crippen molar-refractivity contribution in [3.63, 3.8) is 0 Å². The third-order valence-electron chi connectivity index (χ3n) is 2.55. The third kappa shape index (κ3) is 7.87. The molecule has 0 aliphatic rings. The molecule has 13 heteroatoms. The number of carbonyl (C=O) groups is 2. The van der Waals surface area contributed by atoms with E-state index < -0.39 is 37.8 Å². The van der Waals surface area contributed by atoms with Crippen molar-refractivity contribution in [2.24, 2.45) is 0 Å². The van der Waals surface area contributed by atoms with E-state index in [0.29, 0.717) is 0 Å². The van der Waals surface area contributed by atoms with Crippen LogP contribution in [0.3, 0.4) is 0 Å². The second-order valence-electron chi connectivity index (χ2n) is 4.57. The van der Waals surface area contributed by atoms with Crippen molar-refractivity contribution < 1.29 is 46.7 Å². The topological polar surface area (TPSA) is 169 Å². The Labute approximate surface area is 147 Å². The van der Waals surface area contributed by atoms with Crippen LogP contribution in [0.4, 0.5) is 0 Å². The van der Waals surface area contributed by atoms with Crippen molar-refractivity contribution in [1.29, 1.82) is 0 Å². The lowest BCUT2D eigenvalue weighted by Gasteiger charge is -2.09. The molecule has 0 fully saturated rings. The Morgan fingerprint density at radius 3 is 2.46 bits per heavy atom. The number of esters is 2. The lowest BCUT2D eigenvalue weighted by molar-refractivity contribution is -0.758. The lowest BCUT2D eigenvalue weighted by atomic mass is 10.3. The lowest BCUT2D eigenvalue weighted by Crippen LogP contribution is -2.14. The molecule has 0 amide bonds. The summed E-state index contributed by atoms with van der Waals surface area (Å²) in [5.41, 5.74) is 0. The SMILES string of the molecule is CC(=O)Oc1ccc(OC(=O)CCOCCO[N+](=O)[O-])cc1S(=O)(=O)O. The molecule has 1 aromatic rings. The van der Waals surface area contributed by atoms with Gasteiger partial charge >= 0.3 is 11.9 Å². The maximum Gasteiger partial charge on any atom is 0.313 e. The van der Waals surface area contributed by atoms with Crippen molar-refractivity contribution in [3.05, 3.63) is 28.3 Å². The molecule has 0 unspecified atom stereocenters. The van der Waals surface area contributed by atoms with E-state index in [1.54, 1.807) is 0 Å². The van der Waals surface area contributed by atoms with Crippen LogP contribution in [-0.2, 0) is 29.3 Å². The zero-order chi connectivity index (χ0) is 19.7. The quantitative estimate of drug-likeness (QED) is 0.146. The minimum Gasteiger partial charge on any atom is -0.426 e. The number of hydrogen-bond acceptors (Lipinski definition) is 10. The van der Waals surface area contributed by atoms with Gasteiger partial charge in [-0.1, -0.05) is 0 Å². The minimum atomic E-state index is -4.73. The maximum absolute atomic E-state index is 11.6. The Kier molecular flexibility index (Phi) is 7.89. The Bertz CT molecular complexity index is 774. The molecule has 0 saturated heterocycles. The first kappa shape index (κ1) is 21.3. The van der Waals surface area contributed by atoms with Gasteiger partial charge in [-0.2, -0.15) is 8.42 Å². The fraction of sp³-hybridized carbons (Fsp3) is 0.385. The summed E-state index contributed by atoms with van der Waals surface area (Å²) in [5, 5.41) is 8.91. The van der Waals surface area contributed by atoms with E-state index in [1.807, 2.05) is 0 Å². The molecule has 1 N–H and O–H groups in total. The summed E-state index contributed by atoms with van der Waals surface area (Å²) in [6, 6.07) is 3.02. The molecule has 0 heterocycles. The smallest absolute Gasteiger partial charge is 0.313 e. The number of rotatable bonds is 10. The van der Waals surface area contributed by atoms with Gasteiger partial charge in [0.15, 0.2) is 5.75 Å². The van der Waals surface area contributed by atoms with Crippen LogP contribution in [0.2, 0.25) is 0 Å². The number of hydrogen-bond donors (Lipinski definition) is 1. The van der Waals surface area contributed by atoms with Gasteiger partial charge in [-0.3, -0.25) is 14.1 Å². The van der Waals surface area contributed by atoms with Gasteiger partial charge in [0, 0.05) is 13.0 Å². The van der Waals surface area contributed by atoms with E-state index in [9.17, 15) is 28.1 Å². The summed E-state index contributed by atoms with van der Waals surface area (Å²) >= 11 is 0. The van der Waals surface area contributed by atoms with Crippen LogP contribution in [0.25, 0.3) is 0 Å². The van der Waals surface area contributed by atoms with E-state index in [-0.39, 0.29) is 32.0 Å². The van der Waals surface area contributed by atoms with E-state index in [1.165, 1.54) is 0 Å². The molecular formula is C13H15NO11S. The largest absolute Gasteiger partial charge is 0.426 e. The summed E-state index contributed by atoms with van der Waals surface area (Å²) in [4.78, 5) is 35.7. The Morgan fingerprint density at radius 2 is 1.88 bits per heavy atom. The minimum absolute atomic E-state index is 0.113. The van der Waals surface area contributed by atoms with Crippen LogP contribution < -0.4 is 9.47 Å². The maximum atomic E-state index is 11.6. The van der Waals surface area contributed by atoms with E-state index in [2.05, 4.69) is 9.57 Å². The first-order valence-corrected chi connectivity index (χ1v) is 8.39. The number of nitrogens with zero attached hydrogens (tertiary/aromatic N) is 1. The van der Waals surface area contributed by atoms with Crippen molar-refractivity contribution in [3.8, 4) is 11.5 Å². The average Bonchev–Trinajstić information content (AvgIpc) is 2.50. The summed E-state index contributed by atoms with van der Waals surface area (Å²) in [7, 11) is -4.73. The van der Waals surface area contributed by atoms with Gasteiger partial charge in [0.25, 0.3) is 15.2 Å². The van der Waals surface area contributed by atoms with Crippen LogP contribution >= 0.6 is 0 Å². The summed E-state index contributed by atoms with van der Waals surface area (Å²) in [6.07, 6.45) is -0.231. The normalized spacial score (nSPS) is 10.8. The number of benzene rings is 1. The highest BCUT2D eigenvalue weighted by atomic mass is 32.2. The Balaban J connectivity index is 2.62. The van der Waals surface area contributed by atoms with Crippen LogP contribution in [0, 0.1) is 10.1 Å². The molecule has 26 heavy (non-hydrogen) atoms. The van der Waals surface area contributed by atoms with Gasteiger partial charge in [-0.15, -0.1) is 10.1 Å². The predicted molar refractivity (Wildman–Crippen MR) is 81.6 cm³/mol. The zero-order valence-corrected chi connectivity index (χ0v) is 14.3. The van der Waals surface area contributed by atoms with Gasteiger partial charge in [0.05, 0.1) is 19.6 Å². The summed E-state index contributed by atoms with van der Waals surface area (Å²) in [5.74, 6) is -2.23. The molecular weight excluding hydrogens is 378 g/mol. The molecule has 1 rings (SSSR count). The zero-order valence-electron chi connectivity index (χ0n) is 13.4. The number of carbonyl (C=O) groups excluding carboxylic acids is 2. The first-order chi connectivity index (χ1) is 12.1. The highest BCUT2D eigenvalue weighted by Gasteiger charge is 2.20. The third-order valence-corrected chi connectivity index (χ3v) is 3.43. The van der Waals surface area contributed by atoms with Gasteiger partial charge in [-0.05, 0) is 12.1 Å². The fourth-order valence-corrected chi connectivity index (χ4v) is 2.23. The summed E-state index contributed by atoms with van der Waals surface area (Å²) < 4.78 is 46.3. The monoisotopic (exact) mass is 393 g/mol. The van der Waals surface area contributed by atoms with Crippen molar-refractivity contribution in [2.45, 2.75) is 18.2 Å². The molecule has 144 valence electrons. The molecule has 0 aliphatic carbocycles.